The molecule has 108 valence electrons. The Labute approximate surface area is 120 Å². The Hall–Kier alpha value is -2.10. The van der Waals surface area contributed by atoms with Crippen molar-refractivity contribution in [2.75, 3.05) is 6.61 Å². The van der Waals surface area contributed by atoms with Crippen LogP contribution in [0.25, 0.3) is 0 Å². The van der Waals surface area contributed by atoms with Gasteiger partial charge in [-0.15, -0.1) is 0 Å². The lowest BCUT2D eigenvalue weighted by molar-refractivity contribution is 0.0520. The smallest absolute Gasteiger partial charge is 0.356 e. The molecule has 0 amide bonds. The highest BCUT2D eigenvalue weighted by atomic mass is 16.5. The molecule has 0 aliphatic carbocycles. The largest absolute Gasteiger partial charge is 0.461 e. The summed E-state index contributed by atoms with van der Waals surface area (Å²) in [5.41, 5.74) is 2.79. The molecule has 4 heteroatoms. The maximum atomic E-state index is 11.5. The molecule has 0 unspecified atom stereocenters. The van der Waals surface area contributed by atoms with Crippen molar-refractivity contribution in [3.8, 4) is 0 Å². The van der Waals surface area contributed by atoms with Crippen LogP contribution in [0.1, 0.15) is 48.2 Å². The van der Waals surface area contributed by atoms with E-state index in [0.29, 0.717) is 18.7 Å². The topological polar surface area (TPSA) is 55.0 Å². The van der Waals surface area contributed by atoms with Gasteiger partial charge < -0.3 is 9.72 Å². The number of esters is 1. The minimum atomic E-state index is -0.361. The molecule has 0 radical (unpaired) electrons. The summed E-state index contributed by atoms with van der Waals surface area (Å²) in [4.78, 5) is 18.6. The van der Waals surface area contributed by atoms with E-state index in [-0.39, 0.29) is 5.97 Å². The van der Waals surface area contributed by atoms with Gasteiger partial charge in [-0.3, -0.25) is 0 Å². The van der Waals surface area contributed by atoms with Crippen LogP contribution in [0, 0.1) is 6.92 Å². The minimum absolute atomic E-state index is 0.361. The Morgan fingerprint density at radius 3 is 2.50 bits per heavy atom. The van der Waals surface area contributed by atoms with E-state index < -0.39 is 0 Å². The molecule has 0 aliphatic rings. The molecule has 20 heavy (non-hydrogen) atoms. The van der Waals surface area contributed by atoms with E-state index in [2.05, 4.69) is 41.2 Å². The van der Waals surface area contributed by atoms with E-state index in [9.17, 15) is 4.79 Å². The van der Waals surface area contributed by atoms with Crippen molar-refractivity contribution in [2.45, 2.75) is 34.1 Å². The van der Waals surface area contributed by atoms with Gasteiger partial charge in [0.2, 0.25) is 0 Å². The lowest BCUT2D eigenvalue weighted by Crippen LogP contribution is -2.05. The van der Waals surface area contributed by atoms with Gasteiger partial charge in [0, 0.05) is 6.42 Å². The summed E-state index contributed by atoms with van der Waals surface area (Å²) >= 11 is 0. The summed E-state index contributed by atoms with van der Waals surface area (Å²) in [6.45, 7) is 8.20. The summed E-state index contributed by atoms with van der Waals surface area (Å²) in [5, 5.41) is 0. The third kappa shape index (κ3) is 4.53. The van der Waals surface area contributed by atoms with Gasteiger partial charge in [-0.05, 0) is 19.4 Å². The Morgan fingerprint density at radius 1 is 1.25 bits per heavy atom. The van der Waals surface area contributed by atoms with Crippen LogP contribution in [0.15, 0.2) is 30.5 Å². The van der Waals surface area contributed by atoms with Crippen LogP contribution >= 0.6 is 0 Å². The maximum Gasteiger partial charge on any atom is 0.356 e. The van der Waals surface area contributed by atoms with E-state index in [4.69, 9.17) is 4.74 Å². The first-order valence-electron chi connectivity index (χ1n) is 6.95. The number of hydrogen-bond donors (Lipinski definition) is 1. The number of benzene rings is 1. The highest BCUT2D eigenvalue weighted by molar-refractivity contribution is 5.86. The molecule has 1 N–H and O–H groups in total. The summed E-state index contributed by atoms with van der Waals surface area (Å²) in [5.74, 6) is 0.405. The molecule has 1 aromatic carbocycles. The van der Waals surface area contributed by atoms with Crippen LogP contribution in [-0.2, 0) is 11.2 Å². The monoisotopic (exact) mass is 274 g/mol. The first-order valence-corrected chi connectivity index (χ1v) is 6.95. The maximum absolute atomic E-state index is 11.5. The van der Waals surface area contributed by atoms with Crippen molar-refractivity contribution in [3.05, 3.63) is 53.1 Å². The zero-order chi connectivity index (χ0) is 15.0. The van der Waals surface area contributed by atoms with Crippen molar-refractivity contribution in [3.63, 3.8) is 0 Å². The molecule has 4 nitrogen and oxygen atoms in total. The number of imidazole rings is 1. The van der Waals surface area contributed by atoms with Crippen molar-refractivity contribution in [1.82, 2.24) is 9.97 Å². The molecule has 1 aromatic heterocycles. The third-order valence-electron chi connectivity index (χ3n) is 2.62. The van der Waals surface area contributed by atoms with Crippen LogP contribution in [0.3, 0.4) is 0 Å². The second-order valence-corrected chi connectivity index (χ2v) is 4.13. The van der Waals surface area contributed by atoms with Crippen LogP contribution in [0.2, 0.25) is 0 Å². The van der Waals surface area contributed by atoms with Gasteiger partial charge in [0.25, 0.3) is 0 Å². The molecule has 0 bridgehead atoms. The highest BCUT2D eigenvalue weighted by Crippen LogP contribution is 2.09. The standard InChI is InChI=1S/C14H16N2O2.C2H6/c1-3-18-14(17)12-9-15-13(16-12)8-11-6-4-10(2)5-7-11;1-2/h4-7,9H,3,8H2,1-2H3,(H,15,16);1-2H3. The number of aromatic amines is 1. The molecule has 1 heterocycles. The van der Waals surface area contributed by atoms with Crippen molar-refractivity contribution >= 4 is 5.97 Å². The van der Waals surface area contributed by atoms with Crippen LogP contribution in [0.5, 0.6) is 0 Å². The molecule has 0 saturated heterocycles. The SMILES string of the molecule is CC.CCOC(=O)c1cnc(Cc2ccc(C)cc2)[nH]1. The molecule has 2 rings (SSSR count). The van der Waals surface area contributed by atoms with Crippen LogP contribution in [-0.4, -0.2) is 22.5 Å². The molecule has 0 saturated carbocycles. The zero-order valence-corrected chi connectivity index (χ0v) is 12.6. The van der Waals surface area contributed by atoms with E-state index in [0.717, 1.165) is 11.4 Å². The van der Waals surface area contributed by atoms with Gasteiger partial charge in [-0.1, -0.05) is 43.7 Å². The summed E-state index contributed by atoms with van der Waals surface area (Å²) < 4.78 is 4.90. The first-order chi connectivity index (χ1) is 9.69. The minimum Gasteiger partial charge on any atom is -0.461 e. The van der Waals surface area contributed by atoms with E-state index in [1.165, 1.54) is 11.8 Å². The molecule has 0 fully saturated rings. The zero-order valence-electron chi connectivity index (χ0n) is 12.6. The number of aryl methyl sites for hydroxylation is 1. The Morgan fingerprint density at radius 2 is 1.90 bits per heavy atom. The van der Waals surface area contributed by atoms with Gasteiger partial charge in [0.1, 0.15) is 11.5 Å². The Kier molecular flexibility index (Phi) is 6.50. The van der Waals surface area contributed by atoms with E-state index in [1.54, 1.807) is 6.92 Å². The fraction of sp³-hybridized carbons (Fsp3) is 0.375. The van der Waals surface area contributed by atoms with Gasteiger partial charge in [0.05, 0.1) is 12.8 Å². The number of H-pyrrole nitrogens is 1. The Balaban J connectivity index is 0.000000956. The first kappa shape index (κ1) is 16.0. The fourth-order valence-corrected chi connectivity index (χ4v) is 1.66. The van der Waals surface area contributed by atoms with Crippen molar-refractivity contribution < 1.29 is 9.53 Å². The van der Waals surface area contributed by atoms with Crippen molar-refractivity contribution in [2.24, 2.45) is 0 Å². The highest BCUT2D eigenvalue weighted by Gasteiger charge is 2.10. The predicted molar refractivity (Wildman–Crippen MR) is 79.9 cm³/mol. The number of nitrogens with zero attached hydrogens (tertiary/aromatic N) is 1. The average Bonchev–Trinajstić information content (AvgIpc) is 2.93. The fourth-order valence-electron chi connectivity index (χ4n) is 1.66. The molecular formula is C16H22N2O2. The number of nitrogens with one attached hydrogen (secondary N) is 1. The number of hydrogen-bond acceptors (Lipinski definition) is 3. The molecule has 2 aromatic rings. The van der Waals surface area contributed by atoms with Crippen molar-refractivity contribution in [1.29, 1.82) is 0 Å². The lowest BCUT2D eigenvalue weighted by atomic mass is 10.1. The number of carbonyl (C=O) groups excluding carboxylic acids is 1. The normalized spacial score (nSPS) is 9.60. The summed E-state index contributed by atoms with van der Waals surface area (Å²) in [7, 11) is 0. The number of carbonyl (C=O) groups is 1. The molecule has 0 spiro atoms. The van der Waals surface area contributed by atoms with Gasteiger partial charge in [-0.2, -0.15) is 0 Å². The molecular weight excluding hydrogens is 252 g/mol. The molecule has 0 aliphatic heterocycles. The third-order valence-corrected chi connectivity index (χ3v) is 2.62. The van der Waals surface area contributed by atoms with E-state index in [1.807, 2.05) is 13.8 Å². The number of aromatic nitrogens is 2. The van der Waals surface area contributed by atoms with Gasteiger partial charge >= 0.3 is 5.97 Å². The summed E-state index contributed by atoms with van der Waals surface area (Å²) in [6, 6.07) is 8.23. The number of ether oxygens (including phenoxy) is 1. The quantitative estimate of drug-likeness (QED) is 0.868. The van der Waals surface area contributed by atoms with Crippen LogP contribution in [0.4, 0.5) is 0 Å². The molecule has 0 atom stereocenters. The van der Waals surface area contributed by atoms with Gasteiger partial charge in [-0.25, -0.2) is 9.78 Å². The Bertz CT molecular complexity index is 530. The second kappa shape index (κ2) is 8.15. The lowest BCUT2D eigenvalue weighted by Gasteiger charge is -1.99. The second-order valence-electron chi connectivity index (χ2n) is 4.13. The predicted octanol–water partition coefficient (Wildman–Crippen LogP) is 3.51. The van der Waals surface area contributed by atoms with Crippen LogP contribution < -0.4 is 0 Å². The summed E-state index contributed by atoms with van der Waals surface area (Å²) in [6.07, 6.45) is 2.20. The number of rotatable bonds is 4. The van der Waals surface area contributed by atoms with E-state index >= 15 is 0 Å². The average molecular weight is 274 g/mol. The van der Waals surface area contributed by atoms with Gasteiger partial charge in [0.15, 0.2) is 0 Å².